The third kappa shape index (κ3) is 9.23. The molecule has 90 valence electrons. The van der Waals surface area contributed by atoms with Crippen molar-refractivity contribution in [2.75, 3.05) is 0 Å². The molecular formula is C10H16ClN3O2. The summed E-state index contributed by atoms with van der Waals surface area (Å²) in [6.45, 7) is 5.30. The van der Waals surface area contributed by atoms with E-state index in [9.17, 15) is 4.79 Å². The third-order valence-corrected chi connectivity index (χ3v) is 1.37. The molecule has 0 fully saturated rings. The van der Waals surface area contributed by atoms with Crippen LogP contribution in [-0.2, 0) is 4.74 Å². The van der Waals surface area contributed by atoms with Crippen LogP contribution >= 0.6 is 11.6 Å². The van der Waals surface area contributed by atoms with Gasteiger partial charge in [-0.3, -0.25) is 5.43 Å². The minimum Gasteiger partial charge on any atom is -0.443 e. The molecule has 0 saturated heterocycles. The van der Waals surface area contributed by atoms with Gasteiger partial charge in [-0.1, -0.05) is 17.7 Å². The fourth-order valence-electron chi connectivity index (χ4n) is 0.649. The molecule has 0 aliphatic carbocycles. The largest absolute Gasteiger partial charge is 0.443 e. The highest BCUT2D eigenvalue weighted by Gasteiger charge is 2.14. The molecular weight excluding hydrogens is 230 g/mol. The van der Waals surface area contributed by atoms with Gasteiger partial charge in [0.25, 0.3) is 0 Å². The van der Waals surface area contributed by atoms with Crippen LogP contribution in [-0.4, -0.2) is 16.7 Å². The second-order valence-electron chi connectivity index (χ2n) is 3.80. The summed E-state index contributed by atoms with van der Waals surface area (Å²) in [5, 5.41) is 0.544. The average Bonchev–Trinajstić information content (AvgIpc) is 2.17. The van der Waals surface area contributed by atoms with Crippen molar-refractivity contribution in [2.45, 2.75) is 26.4 Å². The van der Waals surface area contributed by atoms with Crippen LogP contribution in [0.5, 0.6) is 0 Å². The summed E-state index contributed by atoms with van der Waals surface area (Å²) in [4.78, 5) is 14.1. The van der Waals surface area contributed by atoms with E-state index in [1.165, 1.54) is 0 Å². The van der Waals surface area contributed by atoms with Crippen molar-refractivity contribution in [1.82, 2.24) is 10.4 Å². The number of nitrogens with zero attached hydrogens (tertiary/aromatic N) is 1. The molecule has 0 aliphatic heterocycles. The van der Waals surface area contributed by atoms with E-state index in [4.69, 9.17) is 22.2 Å². The second kappa shape index (κ2) is 7.03. The van der Waals surface area contributed by atoms with Crippen LogP contribution < -0.4 is 11.3 Å². The molecule has 0 saturated carbocycles. The fourth-order valence-corrected chi connectivity index (χ4v) is 0.779. The van der Waals surface area contributed by atoms with Gasteiger partial charge in [-0.15, -0.1) is 0 Å². The van der Waals surface area contributed by atoms with Gasteiger partial charge in [0, 0.05) is 6.20 Å². The molecule has 6 heteroatoms. The topological polar surface area (TPSA) is 77.2 Å². The Balaban J connectivity index is 0.000000288. The first-order valence-electron chi connectivity index (χ1n) is 4.61. The van der Waals surface area contributed by atoms with Crippen molar-refractivity contribution in [1.29, 1.82) is 0 Å². The van der Waals surface area contributed by atoms with Gasteiger partial charge in [-0.2, -0.15) is 0 Å². The molecule has 0 bridgehead atoms. The number of halogens is 1. The van der Waals surface area contributed by atoms with E-state index >= 15 is 0 Å². The zero-order valence-corrected chi connectivity index (χ0v) is 10.3. The summed E-state index contributed by atoms with van der Waals surface area (Å²) in [5.41, 5.74) is 1.39. The Kier molecular flexibility index (Phi) is 6.44. The zero-order valence-electron chi connectivity index (χ0n) is 9.53. The number of pyridine rings is 1. The minimum atomic E-state index is -0.609. The number of carbonyl (C=O) groups excluding carboxylic acids is 1. The normalized spacial score (nSPS) is 9.81. The maximum Gasteiger partial charge on any atom is 0.421 e. The van der Waals surface area contributed by atoms with Crippen LogP contribution in [0.2, 0.25) is 5.15 Å². The Morgan fingerprint density at radius 3 is 2.31 bits per heavy atom. The lowest BCUT2D eigenvalue weighted by Gasteiger charge is -2.18. The highest BCUT2D eigenvalue weighted by Crippen LogP contribution is 2.05. The van der Waals surface area contributed by atoms with Crippen molar-refractivity contribution in [3.8, 4) is 0 Å². The van der Waals surface area contributed by atoms with E-state index in [0.29, 0.717) is 5.15 Å². The van der Waals surface area contributed by atoms with E-state index in [0.717, 1.165) is 0 Å². The van der Waals surface area contributed by atoms with Gasteiger partial charge in [0.15, 0.2) is 0 Å². The van der Waals surface area contributed by atoms with Gasteiger partial charge in [0.1, 0.15) is 10.8 Å². The van der Waals surface area contributed by atoms with Crippen molar-refractivity contribution >= 4 is 17.7 Å². The number of hydrogen-bond donors (Lipinski definition) is 2. The summed E-state index contributed by atoms with van der Waals surface area (Å²) < 4.78 is 4.71. The third-order valence-electron chi connectivity index (χ3n) is 1.15. The van der Waals surface area contributed by atoms with Gasteiger partial charge in [-0.25, -0.2) is 15.6 Å². The van der Waals surface area contributed by atoms with Gasteiger partial charge < -0.3 is 4.74 Å². The summed E-state index contributed by atoms with van der Waals surface area (Å²) >= 11 is 5.43. The van der Waals surface area contributed by atoms with Crippen molar-refractivity contribution in [3.05, 3.63) is 29.5 Å². The molecule has 1 aromatic heterocycles. The molecule has 1 amide bonds. The van der Waals surface area contributed by atoms with Gasteiger partial charge in [0.2, 0.25) is 0 Å². The lowest BCUT2D eigenvalue weighted by atomic mass is 10.2. The number of nitrogens with two attached hydrogens (primary N) is 1. The van der Waals surface area contributed by atoms with Crippen LogP contribution in [0.15, 0.2) is 24.4 Å². The highest BCUT2D eigenvalue weighted by molar-refractivity contribution is 6.29. The number of rotatable bonds is 0. The Bertz CT molecular complexity index is 312. The lowest BCUT2D eigenvalue weighted by Crippen LogP contribution is -2.36. The molecule has 5 nitrogen and oxygen atoms in total. The Morgan fingerprint density at radius 1 is 1.50 bits per heavy atom. The average molecular weight is 246 g/mol. The van der Waals surface area contributed by atoms with E-state index < -0.39 is 11.7 Å². The SMILES string of the molecule is CC(C)(C)OC(=O)NN.Clc1ccccn1. The molecule has 1 aromatic rings. The van der Waals surface area contributed by atoms with Crippen molar-refractivity contribution in [3.63, 3.8) is 0 Å². The maximum atomic E-state index is 10.4. The maximum absolute atomic E-state index is 10.4. The second-order valence-corrected chi connectivity index (χ2v) is 4.19. The number of hydrazine groups is 1. The van der Waals surface area contributed by atoms with Crippen LogP contribution in [0.1, 0.15) is 20.8 Å². The standard InChI is InChI=1S/C5H4ClN.C5H12N2O2/c6-5-3-1-2-4-7-5;1-5(2,3)9-4(8)7-6/h1-4H;6H2,1-3H3,(H,7,8). The predicted octanol–water partition coefficient (Wildman–Crippen LogP) is 2.12. The van der Waals surface area contributed by atoms with E-state index in [-0.39, 0.29) is 0 Å². The molecule has 0 aromatic carbocycles. The predicted molar refractivity (Wildman–Crippen MR) is 62.8 cm³/mol. The number of nitrogens with one attached hydrogen (secondary N) is 1. The Labute approximate surface area is 99.9 Å². The molecule has 0 atom stereocenters. The summed E-state index contributed by atoms with van der Waals surface area (Å²) in [7, 11) is 0. The number of carbonyl (C=O) groups is 1. The first kappa shape index (κ1) is 14.7. The van der Waals surface area contributed by atoms with Gasteiger partial charge in [0.05, 0.1) is 0 Å². The van der Waals surface area contributed by atoms with Crippen LogP contribution in [0.25, 0.3) is 0 Å². The Morgan fingerprint density at radius 2 is 2.12 bits per heavy atom. The van der Waals surface area contributed by atoms with E-state index in [2.05, 4.69) is 4.98 Å². The number of aromatic nitrogens is 1. The monoisotopic (exact) mass is 245 g/mol. The zero-order chi connectivity index (χ0) is 12.6. The molecule has 0 unspecified atom stereocenters. The van der Waals surface area contributed by atoms with E-state index in [1.54, 1.807) is 33.0 Å². The van der Waals surface area contributed by atoms with Crippen LogP contribution in [0, 0.1) is 0 Å². The molecule has 0 spiro atoms. The summed E-state index contributed by atoms with van der Waals surface area (Å²) in [6.07, 6.45) is 1.05. The van der Waals surface area contributed by atoms with Gasteiger partial charge >= 0.3 is 6.09 Å². The highest BCUT2D eigenvalue weighted by atomic mass is 35.5. The quantitative estimate of drug-likeness (QED) is 0.318. The number of hydrogen-bond acceptors (Lipinski definition) is 4. The molecule has 3 N–H and O–H groups in total. The fraction of sp³-hybridized carbons (Fsp3) is 0.400. The molecule has 16 heavy (non-hydrogen) atoms. The number of ether oxygens (including phenoxy) is 1. The number of amides is 1. The van der Waals surface area contributed by atoms with Gasteiger partial charge in [-0.05, 0) is 32.9 Å². The minimum absolute atomic E-state index is 0.469. The van der Waals surface area contributed by atoms with Crippen LogP contribution in [0.3, 0.4) is 0 Å². The molecule has 1 heterocycles. The molecule has 0 aliphatic rings. The first-order valence-corrected chi connectivity index (χ1v) is 4.99. The first-order chi connectivity index (χ1) is 7.35. The summed E-state index contributed by atoms with van der Waals surface area (Å²) in [5.74, 6) is 4.75. The van der Waals surface area contributed by atoms with Crippen LogP contribution in [0.4, 0.5) is 4.79 Å². The smallest absolute Gasteiger partial charge is 0.421 e. The summed E-state index contributed by atoms with van der Waals surface area (Å²) in [6, 6.07) is 5.41. The van der Waals surface area contributed by atoms with E-state index in [1.807, 2.05) is 17.6 Å². The van der Waals surface area contributed by atoms with Crippen molar-refractivity contribution < 1.29 is 9.53 Å². The van der Waals surface area contributed by atoms with Crippen molar-refractivity contribution in [2.24, 2.45) is 5.84 Å². The lowest BCUT2D eigenvalue weighted by molar-refractivity contribution is 0.0527. The molecule has 1 rings (SSSR count). The Hall–Kier alpha value is -1.33. The molecule has 0 radical (unpaired) electrons.